The topological polar surface area (TPSA) is 33.0 Å². The fourth-order valence-corrected chi connectivity index (χ4v) is 1.38. The van der Waals surface area contributed by atoms with Crippen molar-refractivity contribution in [1.82, 2.24) is 0 Å². The van der Waals surface area contributed by atoms with E-state index < -0.39 is 0 Å². The zero-order chi connectivity index (χ0) is 11.3. The second-order valence-corrected chi connectivity index (χ2v) is 3.62. The molecule has 0 spiro atoms. The van der Waals surface area contributed by atoms with E-state index in [9.17, 15) is 0 Å². The number of hydrogen-bond donors (Lipinski definition) is 0. The molecule has 1 aromatic rings. The lowest BCUT2D eigenvalue weighted by Gasteiger charge is -2.09. The molecular formula is C13H15NO. The molecule has 15 heavy (non-hydrogen) atoms. The zero-order valence-electron chi connectivity index (χ0n) is 9.16. The summed E-state index contributed by atoms with van der Waals surface area (Å²) in [5, 5.41) is 8.99. The van der Waals surface area contributed by atoms with Crippen molar-refractivity contribution in [3.05, 3.63) is 42.0 Å². The maximum atomic E-state index is 8.99. The predicted octanol–water partition coefficient (Wildman–Crippen LogP) is 3.25. The normalized spacial score (nSPS) is 9.73. The molecule has 0 amide bonds. The quantitative estimate of drug-likeness (QED) is 0.700. The lowest BCUT2D eigenvalue weighted by molar-refractivity contribution is 0.363. The van der Waals surface area contributed by atoms with Gasteiger partial charge in [0.1, 0.15) is 12.4 Å². The van der Waals surface area contributed by atoms with Crippen molar-refractivity contribution in [2.24, 2.45) is 0 Å². The summed E-state index contributed by atoms with van der Waals surface area (Å²) in [4.78, 5) is 0. The molecule has 2 nitrogen and oxygen atoms in total. The van der Waals surface area contributed by atoms with E-state index in [-0.39, 0.29) is 0 Å². The van der Waals surface area contributed by atoms with Crippen molar-refractivity contribution >= 4 is 0 Å². The largest absolute Gasteiger partial charge is 0.490 e. The molecule has 0 saturated carbocycles. The molecule has 0 N–H and O–H groups in total. The van der Waals surface area contributed by atoms with Crippen LogP contribution in [0.1, 0.15) is 30.9 Å². The summed E-state index contributed by atoms with van der Waals surface area (Å²) in [5.74, 6) is 1.07. The third kappa shape index (κ3) is 2.85. The van der Waals surface area contributed by atoms with Gasteiger partial charge in [-0.15, -0.1) is 0 Å². The highest BCUT2D eigenvalue weighted by Gasteiger charge is 2.07. The van der Waals surface area contributed by atoms with E-state index in [1.807, 2.05) is 12.1 Å². The number of nitriles is 1. The first kappa shape index (κ1) is 11.3. The average Bonchev–Trinajstić information content (AvgIpc) is 2.25. The molecule has 0 radical (unpaired) electrons. The first-order chi connectivity index (χ1) is 7.19. The van der Waals surface area contributed by atoms with Gasteiger partial charge in [0.05, 0.1) is 11.6 Å². The predicted molar refractivity (Wildman–Crippen MR) is 60.9 cm³/mol. The van der Waals surface area contributed by atoms with Crippen LogP contribution in [0.3, 0.4) is 0 Å². The van der Waals surface area contributed by atoms with Crippen LogP contribution in [-0.2, 0) is 0 Å². The summed E-state index contributed by atoms with van der Waals surface area (Å²) in [6, 6.07) is 7.80. The minimum absolute atomic E-state index is 0.355. The summed E-state index contributed by atoms with van der Waals surface area (Å²) in [6.45, 7) is 8.18. The van der Waals surface area contributed by atoms with Gasteiger partial charge in [-0.25, -0.2) is 0 Å². The molecule has 0 aliphatic heterocycles. The molecule has 0 aliphatic carbocycles. The van der Waals surface area contributed by atoms with E-state index in [0.29, 0.717) is 18.1 Å². The van der Waals surface area contributed by atoms with Crippen molar-refractivity contribution in [3.8, 4) is 11.8 Å². The lowest BCUT2D eigenvalue weighted by Crippen LogP contribution is -1.97. The van der Waals surface area contributed by atoms with Crippen LogP contribution in [0, 0.1) is 11.3 Å². The van der Waals surface area contributed by atoms with Crippen molar-refractivity contribution in [1.29, 1.82) is 5.26 Å². The summed E-state index contributed by atoms with van der Waals surface area (Å²) in [6.07, 6.45) is 1.68. The Kier molecular flexibility index (Phi) is 3.93. The number of ether oxygens (including phenoxy) is 1. The Labute approximate surface area is 90.8 Å². The molecule has 1 rings (SSSR count). The summed E-state index contributed by atoms with van der Waals surface area (Å²) < 4.78 is 5.36. The van der Waals surface area contributed by atoms with Crippen LogP contribution in [0.15, 0.2) is 30.9 Å². The molecule has 0 atom stereocenters. The number of hydrogen-bond acceptors (Lipinski definition) is 2. The monoisotopic (exact) mass is 201 g/mol. The van der Waals surface area contributed by atoms with Gasteiger partial charge in [-0.2, -0.15) is 5.26 Å². The highest BCUT2D eigenvalue weighted by Crippen LogP contribution is 2.23. The minimum Gasteiger partial charge on any atom is -0.490 e. The van der Waals surface area contributed by atoms with E-state index in [4.69, 9.17) is 10.00 Å². The Morgan fingerprint density at radius 3 is 2.80 bits per heavy atom. The fraction of sp³-hybridized carbons (Fsp3) is 0.308. The summed E-state index contributed by atoms with van der Waals surface area (Å²) >= 11 is 0. The Bertz CT molecular complexity index is 388. The highest BCUT2D eigenvalue weighted by molar-refractivity contribution is 5.44. The van der Waals surface area contributed by atoms with Gasteiger partial charge >= 0.3 is 0 Å². The molecule has 0 fully saturated rings. The molecule has 78 valence electrons. The van der Waals surface area contributed by atoms with Crippen LogP contribution in [0.4, 0.5) is 0 Å². The Hall–Kier alpha value is -1.75. The molecule has 1 aromatic carbocycles. The van der Waals surface area contributed by atoms with Gasteiger partial charge in [0.25, 0.3) is 0 Å². The van der Waals surface area contributed by atoms with Gasteiger partial charge in [-0.1, -0.05) is 32.6 Å². The van der Waals surface area contributed by atoms with Crippen LogP contribution in [-0.4, -0.2) is 6.61 Å². The second kappa shape index (κ2) is 5.21. The highest BCUT2D eigenvalue weighted by atomic mass is 16.5. The van der Waals surface area contributed by atoms with E-state index in [1.54, 1.807) is 12.1 Å². The van der Waals surface area contributed by atoms with Gasteiger partial charge < -0.3 is 4.74 Å². The molecule has 0 heterocycles. The maximum Gasteiger partial charge on any atom is 0.121 e. The summed E-state index contributed by atoms with van der Waals surface area (Å²) in [5.41, 5.74) is 1.75. The van der Waals surface area contributed by atoms with Crippen LogP contribution in [0.25, 0.3) is 0 Å². The smallest absolute Gasteiger partial charge is 0.121 e. The van der Waals surface area contributed by atoms with Gasteiger partial charge in [0, 0.05) is 0 Å². The van der Waals surface area contributed by atoms with Crippen molar-refractivity contribution < 1.29 is 4.74 Å². The Morgan fingerprint density at radius 2 is 2.27 bits per heavy atom. The van der Waals surface area contributed by atoms with Crippen LogP contribution >= 0.6 is 0 Å². The molecule has 0 saturated heterocycles. The number of nitrogens with zero attached hydrogens (tertiary/aromatic N) is 1. The molecule has 0 unspecified atom stereocenters. The van der Waals surface area contributed by atoms with Crippen molar-refractivity contribution in [3.63, 3.8) is 0 Å². The Balaban J connectivity index is 2.98. The second-order valence-electron chi connectivity index (χ2n) is 3.62. The summed E-state index contributed by atoms with van der Waals surface area (Å²) in [7, 11) is 0. The lowest BCUT2D eigenvalue weighted by atomic mass is 9.98. The zero-order valence-corrected chi connectivity index (χ0v) is 9.16. The van der Waals surface area contributed by atoms with Crippen molar-refractivity contribution in [2.45, 2.75) is 19.8 Å². The SMILES string of the molecule is C=CCOc1ccc(C(C)C)c(C#N)c1. The first-order valence-electron chi connectivity index (χ1n) is 4.96. The van der Waals surface area contributed by atoms with Crippen LogP contribution < -0.4 is 4.74 Å². The van der Waals surface area contributed by atoms with Crippen LogP contribution in [0.5, 0.6) is 5.75 Å². The number of benzene rings is 1. The van der Waals surface area contributed by atoms with E-state index in [0.717, 1.165) is 11.3 Å². The van der Waals surface area contributed by atoms with Gasteiger partial charge in [-0.05, 0) is 23.6 Å². The minimum atomic E-state index is 0.355. The average molecular weight is 201 g/mol. The Morgan fingerprint density at radius 1 is 1.53 bits per heavy atom. The van der Waals surface area contributed by atoms with E-state index in [1.165, 1.54) is 0 Å². The van der Waals surface area contributed by atoms with E-state index in [2.05, 4.69) is 26.5 Å². The number of rotatable bonds is 4. The first-order valence-corrected chi connectivity index (χ1v) is 4.96. The van der Waals surface area contributed by atoms with E-state index >= 15 is 0 Å². The molecule has 0 aliphatic rings. The van der Waals surface area contributed by atoms with Crippen LogP contribution in [0.2, 0.25) is 0 Å². The maximum absolute atomic E-state index is 8.99. The molecule has 0 bridgehead atoms. The molecular weight excluding hydrogens is 186 g/mol. The standard InChI is InChI=1S/C13H15NO/c1-4-7-15-12-5-6-13(10(2)3)11(8-12)9-14/h4-6,8,10H,1,7H2,2-3H3. The van der Waals surface area contributed by atoms with Crippen molar-refractivity contribution in [2.75, 3.05) is 6.61 Å². The third-order valence-corrected chi connectivity index (χ3v) is 2.14. The third-order valence-electron chi connectivity index (χ3n) is 2.14. The fourth-order valence-electron chi connectivity index (χ4n) is 1.38. The molecule has 2 heteroatoms. The van der Waals surface area contributed by atoms with Gasteiger partial charge in [-0.3, -0.25) is 0 Å². The van der Waals surface area contributed by atoms with Gasteiger partial charge in [0.15, 0.2) is 0 Å². The van der Waals surface area contributed by atoms with Gasteiger partial charge in [0.2, 0.25) is 0 Å². The molecule has 0 aromatic heterocycles.